The van der Waals surface area contributed by atoms with Crippen molar-refractivity contribution in [3.05, 3.63) is 22.5 Å². The molecule has 0 bridgehead atoms. The van der Waals surface area contributed by atoms with E-state index in [1.54, 1.807) is 17.6 Å². The van der Waals surface area contributed by atoms with E-state index in [9.17, 15) is 4.79 Å². The topological polar surface area (TPSA) is 17.1 Å². The number of hydrogen-bond acceptors (Lipinski definition) is 1. The molecule has 4 heteroatoms. The summed E-state index contributed by atoms with van der Waals surface area (Å²) in [5.74, 6) is 0. The Morgan fingerprint density at radius 1 is 1.67 bits per heavy atom. The van der Waals surface area contributed by atoms with E-state index in [1.807, 2.05) is 0 Å². The monoisotopic (exact) mass is 182 g/mol. The molecule has 9 heavy (non-hydrogen) atoms. The van der Waals surface area contributed by atoms with Crippen LogP contribution in [0.3, 0.4) is 0 Å². The Bertz CT molecular complexity index is 197. The second kappa shape index (κ2) is 2.78. The van der Waals surface area contributed by atoms with Gasteiger partial charge in [0.05, 0.1) is 4.91 Å². The maximum Gasteiger partial charge on any atom is 0.258 e. The highest BCUT2D eigenvalue weighted by Gasteiger charge is 2.13. The van der Waals surface area contributed by atoms with Gasteiger partial charge in [-0.1, -0.05) is 16.8 Å². The van der Waals surface area contributed by atoms with Crippen molar-refractivity contribution < 1.29 is 4.79 Å². The third-order valence-electron chi connectivity index (χ3n) is 0.903. The molecule has 0 aromatic heterocycles. The van der Waals surface area contributed by atoms with Crippen LogP contribution in [0.25, 0.3) is 0 Å². The summed E-state index contributed by atoms with van der Waals surface area (Å²) in [6, 6.07) is 0. The molecular formula is C5H4Cl2OS. The van der Waals surface area contributed by atoms with Crippen LogP contribution >= 0.6 is 32.4 Å². The van der Waals surface area contributed by atoms with Crippen molar-refractivity contribution in [2.75, 3.05) is 0 Å². The van der Waals surface area contributed by atoms with E-state index in [0.29, 0.717) is 4.91 Å². The Labute approximate surface area is 65.2 Å². The molecular weight excluding hydrogens is 179 g/mol. The molecule has 0 spiro atoms. The molecule has 1 unspecified atom stereocenters. The van der Waals surface area contributed by atoms with Gasteiger partial charge in [0.15, 0.2) is 0 Å². The normalized spacial score (nSPS) is 28.2. The summed E-state index contributed by atoms with van der Waals surface area (Å²) in [6.45, 7) is 0. The minimum Gasteiger partial charge on any atom is -0.275 e. The van der Waals surface area contributed by atoms with Gasteiger partial charge in [-0.15, -0.1) is 10.1 Å². The smallest absolute Gasteiger partial charge is 0.258 e. The first-order valence-electron chi connectivity index (χ1n) is 2.25. The lowest BCUT2D eigenvalue weighted by atomic mass is 10.5. The average Bonchev–Trinajstić information content (AvgIpc) is 2.13. The highest BCUT2D eigenvalue weighted by Crippen LogP contribution is 2.45. The minimum atomic E-state index is -0.897. The Balaban J connectivity index is 2.76. The van der Waals surface area contributed by atoms with Gasteiger partial charge in [-0.3, -0.25) is 4.79 Å². The van der Waals surface area contributed by atoms with Gasteiger partial charge in [0.25, 0.3) is 5.24 Å². The lowest BCUT2D eigenvalue weighted by Gasteiger charge is -2.01. The predicted molar refractivity (Wildman–Crippen MR) is 42.9 cm³/mol. The molecule has 0 amide bonds. The lowest BCUT2D eigenvalue weighted by molar-refractivity contribution is -0.107. The van der Waals surface area contributed by atoms with Gasteiger partial charge in [-0.25, -0.2) is 0 Å². The maximum atomic E-state index is 10.4. The third kappa shape index (κ3) is 1.51. The van der Waals surface area contributed by atoms with E-state index in [0.717, 1.165) is 0 Å². The third-order valence-corrected chi connectivity index (χ3v) is 3.37. The summed E-state index contributed by atoms with van der Waals surface area (Å²) >= 11 is 5.16. The van der Waals surface area contributed by atoms with Crippen LogP contribution in [0.5, 0.6) is 0 Å². The van der Waals surface area contributed by atoms with E-state index in [1.165, 1.54) is 0 Å². The van der Waals surface area contributed by atoms with Gasteiger partial charge in [0.1, 0.15) is 0 Å². The summed E-state index contributed by atoms with van der Waals surface area (Å²) in [4.78, 5) is 11.0. The molecule has 1 atom stereocenters. The van der Waals surface area contributed by atoms with E-state index in [-0.39, 0.29) is 0 Å². The lowest BCUT2D eigenvalue weighted by Crippen LogP contribution is -1.85. The number of carbonyl (C=O) groups is 1. The number of allylic oxidation sites excluding steroid dienone is 3. The molecule has 0 aromatic carbocycles. The number of rotatable bonds is 1. The summed E-state index contributed by atoms with van der Waals surface area (Å²) in [5.41, 5.74) is 0. The molecule has 0 aliphatic carbocycles. The SMILES string of the molecule is O=C(Cl)C1=CC=C[SH]1Cl. The number of hydrogen-bond donors (Lipinski definition) is 1. The highest BCUT2D eigenvalue weighted by atomic mass is 35.7. The van der Waals surface area contributed by atoms with E-state index < -0.39 is 15.4 Å². The van der Waals surface area contributed by atoms with Crippen molar-refractivity contribution in [1.82, 2.24) is 0 Å². The second-order valence-corrected chi connectivity index (χ2v) is 4.32. The molecule has 0 radical (unpaired) electrons. The molecule has 0 saturated carbocycles. The zero-order valence-electron chi connectivity index (χ0n) is 4.34. The van der Waals surface area contributed by atoms with Crippen molar-refractivity contribution >= 4 is 37.6 Å². The maximum absolute atomic E-state index is 10.4. The Morgan fingerprint density at radius 2 is 2.33 bits per heavy atom. The van der Waals surface area contributed by atoms with Crippen molar-refractivity contribution in [2.45, 2.75) is 0 Å². The summed E-state index contributed by atoms with van der Waals surface area (Å²) in [5, 5.41) is 1.33. The van der Waals surface area contributed by atoms with Crippen molar-refractivity contribution in [1.29, 1.82) is 0 Å². The molecule has 0 N–H and O–H groups in total. The van der Waals surface area contributed by atoms with Gasteiger partial charge in [-0.05, 0) is 23.1 Å². The Morgan fingerprint density at radius 3 is 2.56 bits per heavy atom. The van der Waals surface area contributed by atoms with Crippen LogP contribution in [0, 0.1) is 0 Å². The summed E-state index contributed by atoms with van der Waals surface area (Å²) < 4.78 is 0. The van der Waals surface area contributed by atoms with E-state index >= 15 is 0 Å². The number of thiol groups is 1. The highest BCUT2D eigenvalue weighted by molar-refractivity contribution is 8.42. The minimum absolute atomic E-state index is 0.443. The molecule has 1 heterocycles. The van der Waals surface area contributed by atoms with Gasteiger partial charge in [0.2, 0.25) is 0 Å². The molecule has 0 saturated heterocycles. The Hall–Kier alpha value is 0.0800. The first-order chi connectivity index (χ1) is 4.22. The first-order valence-corrected chi connectivity index (χ1v) is 4.94. The van der Waals surface area contributed by atoms with Gasteiger partial charge in [-0.2, -0.15) is 0 Å². The standard InChI is InChI=1S/C5H4Cl2OS/c6-5(8)4-2-1-3-9(4)7/h1-3,9H. The summed E-state index contributed by atoms with van der Waals surface area (Å²) in [6.07, 6.45) is 3.39. The van der Waals surface area contributed by atoms with Crippen molar-refractivity contribution in [3.8, 4) is 0 Å². The average molecular weight is 183 g/mol. The Kier molecular flexibility index (Phi) is 2.22. The zero-order valence-corrected chi connectivity index (χ0v) is 6.75. The number of halogens is 2. The molecule has 50 valence electrons. The van der Waals surface area contributed by atoms with Crippen LogP contribution < -0.4 is 0 Å². The summed E-state index contributed by atoms with van der Waals surface area (Å²) in [7, 11) is 4.78. The largest absolute Gasteiger partial charge is 0.275 e. The molecule has 1 aliphatic heterocycles. The molecule has 1 aliphatic rings. The number of carbonyl (C=O) groups excluding carboxylic acids is 1. The fraction of sp³-hybridized carbons (Fsp3) is 0. The fourth-order valence-corrected chi connectivity index (χ4v) is 2.37. The van der Waals surface area contributed by atoms with E-state index in [4.69, 9.17) is 22.3 Å². The molecule has 1 nitrogen and oxygen atoms in total. The molecule has 0 fully saturated rings. The van der Waals surface area contributed by atoms with E-state index in [2.05, 4.69) is 0 Å². The van der Waals surface area contributed by atoms with Crippen LogP contribution in [0.4, 0.5) is 0 Å². The van der Waals surface area contributed by atoms with Crippen LogP contribution in [0.15, 0.2) is 22.5 Å². The van der Waals surface area contributed by atoms with Crippen LogP contribution in [0.2, 0.25) is 0 Å². The fourth-order valence-electron chi connectivity index (χ4n) is 0.511. The molecule has 0 aromatic rings. The van der Waals surface area contributed by atoms with Crippen LogP contribution in [-0.2, 0) is 4.79 Å². The van der Waals surface area contributed by atoms with Gasteiger partial charge >= 0.3 is 0 Å². The van der Waals surface area contributed by atoms with Gasteiger partial charge < -0.3 is 0 Å². The molecule has 1 rings (SSSR count). The first kappa shape index (κ1) is 7.19. The van der Waals surface area contributed by atoms with Crippen LogP contribution in [0.1, 0.15) is 0 Å². The van der Waals surface area contributed by atoms with Crippen LogP contribution in [-0.4, -0.2) is 5.24 Å². The quantitative estimate of drug-likeness (QED) is 0.487. The van der Waals surface area contributed by atoms with Gasteiger partial charge in [0, 0.05) is 0 Å². The van der Waals surface area contributed by atoms with Crippen molar-refractivity contribution in [2.24, 2.45) is 0 Å². The predicted octanol–water partition coefficient (Wildman–Crippen LogP) is 2.32. The zero-order chi connectivity index (χ0) is 6.85. The second-order valence-electron chi connectivity index (χ2n) is 1.48. The van der Waals surface area contributed by atoms with Crippen molar-refractivity contribution in [3.63, 3.8) is 0 Å².